The molecule has 0 radical (unpaired) electrons. The van der Waals surface area contributed by atoms with Crippen LogP contribution in [0.4, 0.5) is 0 Å². The second-order valence-corrected chi connectivity index (χ2v) is 8.82. The van der Waals surface area contributed by atoms with Gasteiger partial charge in [-0.25, -0.2) is 18.5 Å². The maximum Gasteiger partial charge on any atom is 0.255 e. The standard InChI is InChI=1S/C20H22N2O2S/c21-25(23,24)19-9-8-16(14-22-19)18-13-20(10-4-5-11-20)12-17(18)15-6-2-1-3-7-15/h1-3,6-9,14H,4-5,10-13H2,(H2,21,23,24). The fourth-order valence-electron chi connectivity index (χ4n) is 4.42. The van der Waals surface area contributed by atoms with Gasteiger partial charge in [0, 0.05) is 6.20 Å². The Morgan fingerprint density at radius 2 is 1.52 bits per heavy atom. The molecule has 2 aliphatic rings. The molecule has 0 amide bonds. The van der Waals surface area contributed by atoms with Crippen LogP contribution in [-0.4, -0.2) is 13.4 Å². The van der Waals surface area contributed by atoms with Crippen molar-refractivity contribution in [1.29, 1.82) is 0 Å². The number of hydrogen-bond donors (Lipinski definition) is 1. The summed E-state index contributed by atoms with van der Waals surface area (Å²) in [5, 5.41) is 5.09. The summed E-state index contributed by atoms with van der Waals surface area (Å²) in [4.78, 5) is 4.09. The molecule has 1 aromatic heterocycles. The molecule has 1 aromatic carbocycles. The molecule has 0 bridgehead atoms. The quantitative estimate of drug-likeness (QED) is 0.905. The second kappa shape index (κ2) is 6.07. The fourth-order valence-corrected chi connectivity index (χ4v) is 4.88. The van der Waals surface area contributed by atoms with Gasteiger partial charge in [-0.05, 0) is 59.4 Å². The first kappa shape index (κ1) is 16.5. The van der Waals surface area contributed by atoms with E-state index in [2.05, 4.69) is 29.2 Å². The van der Waals surface area contributed by atoms with Crippen LogP contribution in [0.1, 0.15) is 49.7 Å². The Morgan fingerprint density at radius 1 is 0.880 bits per heavy atom. The Hall–Kier alpha value is -1.98. The smallest absolute Gasteiger partial charge is 0.243 e. The SMILES string of the molecule is NS(=O)(=O)c1ccc(C2=C(c3ccccc3)CC3(CCCC3)C2)cn1. The number of sulfonamides is 1. The van der Waals surface area contributed by atoms with Crippen molar-refractivity contribution < 1.29 is 8.42 Å². The van der Waals surface area contributed by atoms with Gasteiger partial charge in [0.05, 0.1) is 0 Å². The van der Waals surface area contributed by atoms with Gasteiger partial charge in [0.1, 0.15) is 0 Å². The summed E-state index contributed by atoms with van der Waals surface area (Å²) in [5.41, 5.74) is 5.33. The first-order valence-corrected chi connectivity index (χ1v) is 10.3. The molecule has 0 aliphatic heterocycles. The number of aromatic nitrogens is 1. The highest BCUT2D eigenvalue weighted by Gasteiger charge is 2.41. The monoisotopic (exact) mass is 354 g/mol. The van der Waals surface area contributed by atoms with E-state index in [1.165, 1.54) is 48.5 Å². The van der Waals surface area contributed by atoms with Crippen LogP contribution < -0.4 is 5.14 Å². The van der Waals surface area contributed by atoms with Gasteiger partial charge in [0.15, 0.2) is 5.03 Å². The molecule has 0 atom stereocenters. The zero-order valence-electron chi connectivity index (χ0n) is 14.1. The van der Waals surface area contributed by atoms with Gasteiger partial charge in [-0.15, -0.1) is 0 Å². The van der Waals surface area contributed by atoms with Crippen LogP contribution >= 0.6 is 0 Å². The lowest BCUT2D eigenvalue weighted by Crippen LogP contribution is -2.14. The van der Waals surface area contributed by atoms with E-state index in [0.29, 0.717) is 5.41 Å². The summed E-state index contributed by atoms with van der Waals surface area (Å²) in [6.07, 6.45) is 8.96. The minimum Gasteiger partial charge on any atom is -0.243 e. The molecular weight excluding hydrogens is 332 g/mol. The topological polar surface area (TPSA) is 73.1 Å². The third-order valence-corrected chi connectivity index (χ3v) is 6.46. The fraction of sp³-hybridized carbons (Fsp3) is 0.350. The minimum atomic E-state index is -3.76. The molecule has 130 valence electrons. The predicted molar refractivity (Wildman–Crippen MR) is 99.0 cm³/mol. The molecule has 4 rings (SSSR count). The Kier molecular flexibility index (Phi) is 4.01. The first-order chi connectivity index (χ1) is 12.0. The van der Waals surface area contributed by atoms with Crippen molar-refractivity contribution in [2.75, 3.05) is 0 Å². The average Bonchev–Trinajstić information content (AvgIpc) is 3.23. The molecular formula is C20H22N2O2S. The summed E-state index contributed by atoms with van der Waals surface area (Å²) < 4.78 is 22.9. The van der Waals surface area contributed by atoms with E-state index in [1.54, 1.807) is 6.20 Å². The van der Waals surface area contributed by atoms with Gasteiger partial charge in [0.2, 0.25) is 0 Å². The number of primary sulfonamides is 1. The molecule has 2 N–H and O–H groups in total. The number of benzene rings is 1. The molecule has 4 nitrogen and oxygen atoms in total. The third kappa shape index (κ3) is 3.14. The first-order valence-electron chi connectivity index (χ1n) is 8.74. The second-order valence-electron chi connectivity index (χ2n) is 7.31. The molecule has 1 saturated carbocycles. The van der Waals surface area contributed by atoms with Crippen LogP contribution in [0, 0.1) is 5.41 Å². The van der Waals surface area contributed by atoms with Crippen molar-refractivity contribution in [2.45, 2.75) is 43.6 Å². The van der Waals surface area contributed by atoms with E-state index < -0.39 is 10.0 Å². The van der Waals surface area contributed by atoms with Crippen molar-refractivity contribution in [2.24, 2.45) is 10.6 Å². The number of hydrogen-bond acceptors (Lipinski definition) is 3. The predicted octanol–water partition coefficient (Wildman–Crippen LogP) is 3.99. The van der Waals surface area contributed by atoms with E-state index >= 15 is 0 Å². The van der Waals surface area contributed by atoms with Gasteiger partial charge >= 0.3 is 0 Å². The van der Waals surface area contributed by atoms with Gasteiger partial charge in [-0.2, -0.15) is 0 Å². The molecule has 2 aliphatic carbocycles. The lowest BCUT2D eigenvalue weighted by atomic mass is 9.81. The van der Waals surface area contributed by atoms with Crippen molar-refractivity contribution >= 4 is 21.2 Å². The maximum absolute atomic E-state index is 11.5. The van der Waals surface area contributed by atoms with Crippen molar-refractivity contribution in [3.63, 3.8) is 0 Å². The highest BCUT2D eigenvalue weighted by Crippen LogP contribution is 2.57. The van der Waals surface area contributed by atoms with E-state index in [1.807, 2.05) is 12.1 Å². The summed E-state index contributed by atoms with van der Waals surface area (Å²) in [6, 6.07) is 13.9. The van der Waals surface area contributed by atoms with Gasteiger partial charge in [-0.1, -0.05) is 49.2 Å². The maximum atomic E-state index is 11.5. The van der Waals surface area contributed by atoms with Crippen molar-refractivity contribution in [3.05, 3.63) is 59.8 Å². The van der Waals surface area contributed by atoms with E-state index in [4.69, 9.17) is 5.14 Å². The Morgan fingerprint density at radius 3 is 2.08 bits per heavy atom. The van der Waals surface area contributed by atoms with Crippen LogP contribution in [0.25, 0.3) is 11.1 Å². The van der Waals surface area contributed by atoms with Gasteiger partial charge in [0.25, 0.3) is 10.0 Å². The van der Waals surface area contributed by atoms with E-state index in [-0.39, 0.29) is 5.03 Å². The largest absolute Gasteiger partial charge is 0.255 e. The number of rotatable bonds is 3. The molecule has 0 saturated heterocycles. The molecule has 1 heterocycles. The van der Waals surface area contributed by atoms with Crippen LogP contribution in [-0.2, 0) is 10.0 Å². The molecule has 0 unspecified atom stereocenters. The Bertz CT molecular complexity index is 910. The zero-order chi connectivity index (χ0) is 17.5. The zero-order valence-corrected chi connectivity index (χ0v) is 14.9. The van der Waals surface area contributed by atoms with E-state index in [9.17, 15) is 8.42 Å². The minimum absolute atomic E-state index is 0.0771. The van der Waals surface area contributed by atoms with Gasteiger partial charge in [-0.3, -0.25) is 0 Å². The van der Waals surface area contributed by atoms with Crippen LogP contribution in [0.15, 0.2) is 53.7 Å². The van der Waals surface area contributed by atoms with Crippen LogP contribution in [0.5, 0.6) is 0 Å². The summed E-state index contributed by atoms with van der Waals surface area (Å²) in [6.45, 7) is 0. The normalized spacial score (nSPS) is 19.7. The number of nitrogens with two attached hydrogens (primary N) is 1. The summed E-state index contributed by atoms with van der Waals surface area (Å²) >= 11 is 0. The number of nitrogens with zero attached hydrogens (tertiary/aromatic N) is 1. The van der Waals surface area contributed by atoms with E-state index in [0.717, 1.165) is 18.4 Å². The lowest BCUT2D eigenvalue weighted by molar-refractivity contribution is 0.330. The molecule has 25 heavy (non-hydrogen) atoms. The van der Waals surface area contributed by atoms with Crippen LogP contribution in [0.3, 0.4) is 0 Å². The number of pyridine rings is 1. The summed E-state index contributed by atoms with van der Waals surface area (Å²) in [7, 11) is -3.76. The summed E-state index contributed by atoms with van der Waals surface area (Å²) in [5.74, 6) is 0. The average molecular weight is 354 g/mol. The molecule has 1 spiro atoms. The molecule has 2 aromatic rings. The Balaban J connectivity index is 1.77. The van der Waals surface area contributed by atoms with Crippen LogP contribution in [0.2, 0.25) is 0 Å². The van der Waals surface area contributed by atoms with Crippen molar-refractivity contribution in [1.82, 2.24) is 4.98 Å². The van der Waals surface area contributed by atoms with Gasteiger partial charge < -0.3 is 0 Å². The number of allylic oxidation sites excluding steroid dienone is 2. The molecule has 1 fully saturated rings. The highest BCUT2D eigenvalue weighted by atomic mass is 32.2. The third-order valence-electron chi connectivity index (χ3n) is 5.63. The van der Waals surface area contributed by atoms with Crippen molar-refractivity contribution in [3.8, 4) is 0 Å². The highest BCUT2D eigenvalue weighted by molar-refractivity contribution is 7.89. The Labute approximate surface area is 148 Å². The lowest BCUT2D eigenvalue weighted by Gasteiger charge is -2.23. The molecule has 5 heteroatoms.